The van der Waals surface area contributed by atoms with Crippen molar-refractivity contribution in [1.82, 2.24) is 4.90 Å². The molecular weight excluding hydrogens is 284 g/mol. The molecular formula is C16H25N2O4+. The molecule has 2 fully saturated rings. The maximum absolute atomic E-state index is 11.5. The fourth-order valence-corrected chi connectivity index (χ4v) is 2.63. The summed E-state index contributed by atoms with van der Waals surface area (Å²) in [6.07, 6.45) is -0.00686. The molecule has 2 aliphatic heterocycles. The molecule has 0 saturated carbocycles. The van der Waals surface area contributed by atoms with Crippen molar-refractivity contribution < 1.29 is 23.5 Å². The van der Waals surface area contributed by atoms with Crippen molar-refractivity contribution in [2.75, 3.05) is 45.9 Å². The van der Waals surface area contributed by atoms with Crippen molar-refractivity contribution in [1.29, 1.82) is 0 Å². The molecule has 0 radical (unpaired) electrons. The van der Waals surface area contributed by atoms with Crippen LogP contribution in [0.3, 0.4) is 0 Å². The Hall–Kier alpha value is -1.66. The summed E-state index contributed by atoms with van der Waals surface area (Å²) in [6.45, 7) is 16.3. The molecule has 0 aliphatic carbocycles. The Kier molecular flexibility index (Phi) is 5.03. The number of nitrogens with zero attached hydrogens (tertiary/aromatic N) is 2. The van der Waals surface area contributed by atoms with Crippen LogP contribution in [0.2, 0.25) is 0 Å². The average molecular weight is 309 g/mol. The first kappa shape index (κ1) is 16.7. The van der Waals surface area contributed by atoms with E-state index >= 15 is 0 Å². The zero-order valence-corrected chi connectivity index (χ0v) is 13.5. The van der Waals surface area contributed by atoms with Crippen LogP contribution in [-0.4, -0.2) is 73.4 Å². The second kappa shape index (κ2) is 6.62. The highest BCUT2D eigenvalue weighted by Crippen LogP contribution is 2.34. The first-order valence-corrected chi connectivity index (χ1v) is 7.61. The van der Waals surface area contributed by atoms with Crippen LogP contribution in [0, 0.1) is 0 Å². The second-order valence-electron chi connectivity index (χ2n) is 6.25. The average Bonchev–Trinajstić information content (AvgIpc) is 3.12. The molecule has 0 amide bonds. The molecule has 6 nitrogen and oxygen atoms in total. The molecule has 1 unspecified atom stereocenters. The number of rotatable bonds is 6. The summed E-state index contributed by atoms with van der Waals surface area (Å²) in [4.78, 5) is 25.1. The Morgan fingerprint density at radius 3 is 2.27 bits per heavy atom. The van der Waals surface area contributed by atoms with Gasteiger partial charge in [0.25, 0.3) is 6.23 Å². The van der Waals surface area contributed by atoms with Gasteiger partial charge in [-0.15, -0.1) is 0 Å². The van der Waals surface area contributed by atoms with Gasteiger partial charge in [-0.2, -0.15) is 0 Å². The summed E-state index contributed by atoms with van der Waals surface area (Å²) in [5.41, 5.74) is 0.873. The Balaban J connectivity index is 1.67. The quantitative estimate of drug-likeness (QED) is 0.313. The van der Waals surface area contributed by atoms with E-state index in [1.807, 2.05) is 0 Å². The predicted octanol–water partition coefficient (Wildman–Crippen LogP) is 0.697. The van der Waals surface area contributed by atoms with E-state index in [0.29, 0.717) is 17.8 Å². The summed E-state index contributed by atoms with van der Waals surface area (Å²) >= 11 is 0. The second-order valence-corrected chi connectivity index (χ2v) is 6.25. The summed E-state index contributed by atoms with van der Waals surface area (Å²) in [6, 6.07) is 0. The van der Waals surface area contributed by atoms with Crippen LogP contribution >= 0.6 is 0 Å². The van der Waals surface area contributed by atoms with Crippen LogP contribution in [0.25, 0.3) is 0 Å². The molecule has 1 atom stereocenters. The van der Waals surface area contributed by atoms with Gasteiger partial charge < -0.3 is 9.47 Å². The Morgan fingerprint density at radius 1 is 1.14 bits per heavy atom. The molecule has 2 heterocycles. The predicted molar refractivity (Wildman–Crippen MR) is 81.8 cm³/mol. The highest BCUT2D eigenvalue weighted by atomic mass is 16.6. The molecule has 6 heteroatoms. The van der Waals surface area contributed by atoms with Crippen molar-refractivity contribution in [3.05, 3.63) is 24.3 Å². The maximum Gasteiger partial charge on any atom is 0.337 e. The molecule has 2 aliphatic rings. The van der Waals surface area contributed by atoms with Crippen LogP contribution in [0.1, 0.15) is 13.8 Å². The summed E-state index contributed by atoms with van der Waals surface area (Å²) in [5.74, 6) is -0.632. The molecule has 2 rings (SSSR count). The zero-order chi connectivity index (χ0) is 16.3. The van der Waals surface area contributed by atoms with Gasteiger partial charge in [0.15, 0.2) is 6.54 Å². The minimum Gasteiger partial charge on any atom is -0.461 e. The number of hydrogen-bond donors (Lipinski definition) is 0. The van der Waals surface area contributed by atoms with Gasteiger partial charge in [-0.1, -0.05) is 13.2 Å². The van der Waals surface area contributed by atoms with Crippen LogP contribution < -0.4 is 0 Å². The van der Waals surface area contributed by atoms with E-state index in [1.54, 1.807) is 13.8 Å². The zero-order valence-electron chi connectivity index (χ0n) is 13.5. The Labute approximate surface area is 131 Å². The third kappa shape index (κ3) is 3.96. The van der Waals surface area contributed by atoms with E-state index in [4.69, 9.17) is 9.47 Å². The molecule has 22 heavy (non-hydrogen) atoms. The van der Waals surface area contributed by atoms with Crippen LogP contribution in [0.15, 0.2) is 24.3 Å². The van der Waals surface area contributed by atoms with E-state index in [2.05, 4.69) is 18.1 Å². The van der Waals surface area contributed by atoms with Gasteiger partial charge in [-0.25, -0.2) is 9.59 Å². The lowest BCUT2D eigenvalue weighted by Crippen LogP contribution is -2.50. The topological polar surface area (TPSA) is 55.8 Å². The molecule has 0 aromatic carbocycles. The standard InChI is InChI=1S/C16H25N2O4/c1-12(2)15(19)21-10-7-17-5-8-18(9-6-17)11-14(18)22-16(20)13(3)4/h14H,1,3,5-11H2,2,4H3/q+1. The molecule has 0 bridgehead atoms. The SMILES string of the molecule is C=C(C)C(=O)OCCN1CC[N+]2(CC1)CC2OC(=O)C(=C)C. The fourth-order valence-electron chi connectivity index (χ4n) is 2.63. The summed E-state index contributed by atoms with van der Waals surface area (Å²) < 4.78 is 11.4. The van der Waals surface area contributed by atoms with E-state index in [-0.39, 0.29) is 18.2 Å². The monoisotopic (exact) mass is 309 g/mol. The highest BCUT2D eigenvalue weighted by Gasteiger charge is 2.59. The van der Waals surface area contributed by atoms with Crippen molar-refractivity contribution >= 4 is 11.9 Å². The Bertz CT molecular complexity index is 492. The number of carbonyl (C=O) groups is 2. The first-order chi connectivity index (χ1) is 10.3. The lowest BCUT2D eigenvalue weighted by atomic mass is 10.3. The number of hydrogen-bond acceptors (Lipinski definition) is 5. The molecule has 1 spiro atoms. The number of carbonyl (C=O) groups excluding carboxylic acids is 2. The molecule has 122 valence electrons. The van der Waals surface area contributed by atoms with Crippen LogP contribution in [0.5, 0.6) is 0 Å². The molecule has 0 N–H and O–H groups in total. The summed E-state index contributed by atoms with van der Waals surface area (Å²) in [7, 11) is 0. The third-order valence-corrected chi connectivity index (χ3v) is 4.30. The molecule has 0 aromatic heterocycles. The van der Waals surface area contributed by atoms with Gasteiger partial charge in [0.2, 0.25) is 0 Å². The van der Waals surface area contributed by atoms with Crippen molar-refractivity contribution in [2.45, 2.75) is 20.1 Å². The van der Waals surface area contributed by atoms with Crippen LogP contribution in [0.4, 0.5) is 0 Å². The van der Waals surface area contributed by atoms with Gasteiger partial charge >= 0.3 is 11.9 Å². The van der Waals surface area contributed by atoms with Gasteiger partial charge in [0, 0.05) is 30.8 Å². The number of ether oxygens (including phenoxy) is 2. The number of quaternary nitrogens is 1. The van der Waals surface area contributed by atoms with Crippen molar-refractivity contribution in [3.63, 3.8) is 0 Å². The van der Waals surface area contributed by atoms with E-state index < -0.39 is 0 Å². The minimum atomic E-state index is -0.335. The van der Waals surface area contributed by atoms with Gasteiger partial charge in [0.05, 0.1) is 13.1 Å². The maximum atomic E-state index is 11.5. The highest BCUT2D eigenvalue weighted by molar-refractivity contribution is 5.87. The lowest BCUT2D eigenvalue weighted by Gasteiger charge is -2.32. The molecule has 0 aromatic rings. The minimum absolute atomic E-state index is 0.00686. The fraction of sp³-hybridized carbons (Fsp3) is 0.625. The van der Waals surface area contributed by atoms with E-state index in [0.717, 1.165) is 43.8 Å². The molecule has 2 saturated heterocycles. The van der Waals surface area contributed by atoms with Gasteiger partial charge in [-0.05, 0) is 13.8 Å². The van der Waals surface area contributed by atoms with E-state index in [1.165, 1.54) is 0 Å². The van der Waals surface area contributed by atoms with Crippen molar-refractivity contribution in [3.8, 4) is 0 Å². The van der Waals surface area contributed by atoms with Crippen molar-refractivity contribution in [2.24, 2.45) is 0 Å². The Morgan fingerprint density at radius 2 is 1.73 bits per heavy atom. The third-order valence-electron chi connectivity index (χ3n) is 4.30. The van der Waals surface area contributed by atoms with Gasteiger partial charge in [0.1, 0.15) is 6.61 Å². The number of esters is 2. The first-order valence-electron chi connectivity index (χ1n) is 7.61. The lowest BCUT2D eigenvalue weighted by molar-refractivity contribution is -0.831. The van der Waals surface area contributed by atoms with E-state index in [9.17, 15) is 9.59 Å². The normalized spacial score (nSPS) is 22.9. The summed E-state index contributed by atoms with van der Waals surface area (Å²) in [5, 5.41) is 0. The smallest absolute Gasteiger partial charge is 0.337 e. The van der Waals surface area contributed by atoms with Gasteiger partial charge in [-0.3, -0.25) is 9.38 Å². The van der Waals surface area contributed by atoms with Crippen LogP contribution in [-0.2, 0) is 19.1 Å². The number of piperazine rings is 1. The largest absolute Gasteiger partial charge is 0.461 e.